The number of rotatable bonds is 3. The number of amides is 1. The Kier molecular flexibility index (Phi) is 3.22. The van der Waals surface area contributed by atoms with Gasteiger partial charge in [0.25, 0.3) is 0 Å². The molecule has 0 unspecified atom stereocenters. The lowest BCUT2D eigenvalue weighted by Crippen LogP contribution is -1.97. The molecule has 0 spiro atoms. The van der Waals surface area contributed by atoms with E-state index < -0.39 is 0 Å². The third-order valence-corrected chi connectivity index (χ3v) is 1.35. The first kappa shape index (κ1) is 8.67. The quantitative estimate of drug-likeness (QED) is 0.436. The molecule has 0 heterocycles. The number of carbonyl (C=O) groups is 1. The molecular weight excluding hydrogens is 178 g/mol. The number of halogens is 1. The van der Waals surface area contributed by atoms with Gasteiger partial charge in [0.1, 0.15) is 0 Å². The van der Waals surface area contributed by atoms with Crippen molar-refractivity contribution in [3.63, 3.8) is 0 Å². The Morgan fingerprint density at radius 2 is 2.00 bits per heavy atom. The van der Waals surface area contributed by atoms with Gasteiger partial charge in [0.05, 0.1) is 5.69 Å². The van der Waals surface area contributed by atoms with Gasteiger partial charge in [-0.2, -0.15) is 0 Å². The minimum Gasteiger partial charge on any atom is -0.277 e. The van der Waals surface area contributed by atoms with Crippen LogP contribution < -0.4 is 5.43 Å². The van der Waals surface area contributed by atoms with Crippen LogP contribution >= 0.6 is 11.6 Å². The van der Waals surface area contributed by atoms with Gasteiger partial charge in [-0.1, -0.05) is 16.8 Å². The third-order valence-electron chi connectivity index (χ3n) is 1.10. The Labute approximate surface area is 74.2 Å². The van der Waals surface area contributed by atoms with Gasteiger partial charge in [-0.25, -0.2) is 5.43 Å². The van der Waals surface area contributed by atoms with Crippen LogP contribution in [-0.4, -0.2) is 6.41 Å². The second-order valence-electron chi connectivity index (χ2n) is 1.92. The fraction of sp³-hybridized carbons (Fsp3) is 0. The molecule has 0 saturated heterocycles. The summed E-state index contributed by atoms with van der Waals surface area (Å²) in [5.74, 6) is 0. The van der Waals surface area contributed by atoms with E-state index in [1.807, 2.05) is 0 Å². The summed E-state index contributed by atoms with van der Waals surface area (Å²) in [4.78, 5) is 9.76. The van der Waals surface area contributed by atoms with Crippen molar-refractivity contribution in [2.45, 2.75) is 0 Å². The monoisotopic (exact) mass is 183 g/mol. The maximum absolute atomic E-state index is 9.76. The van der Waals surface area contributed by atoms with E-state index in [1.54, 1.807) is 24.3 Å². The second-order valence-corrected chi connectivity index (χ2v) is 2.36. The van der Waals surface area contributed by atoms with Gasteiger partial charge in [-0.3, -0.25) is 4.79 Å². The highest BCUT2D eigenvalue weighted by Gasteiger charge is 1.87. The molecule has 0 aliphatic rings. The second kappa shape index (κ2) is 4.46. The van der Waals surface area contributed by atoms with Gasteiger partial charge >= 0.3 is 0 Å². The Morgan fingerprint density at radius 1 is 1.33 bits per heavy atom. The van der Waals surface area contributed by atoms with E-state index in [0.29, 0.717) is 17.1 Å². The van der Waals surface area contributed by atoms with Crippen molar-refractivity contribution < 1.29 is 4.79 Å². The van der Waals surface area contributed by atoms with Gasteiger partial charge in [-0.05, 0) is 24.3 Å². The van der Waals surface area contributed by atoms with Crippen molar-refractivity contribution in [1.82, 2.24) is 5.43 Å². The Bertz CT molecular complexity index is 283. The van der Waals surface area contributed by atoms with E-state index >= 15 is 0 Å². The molecule has 5 heteroatoms. The van der Waals surface area contributed by atoms with Gasteiger partial charge in [0.15, 0.2) is 0 Å². The van der Waals surface area contributed by atoms with E-state index in [2.05, 4.69) is 15.8 Å². The number of carbonyl (C=O) groups excluding carboxylic acids is 1. The predicted octanol–water partition coefficient (Wildman–Crippen LogP) is 2.08. The maximum atomic E-state index is 9.76. The highest BCUT2D eigenvalue weighted by atomic mass is 35.5. The number of nitrogens with zero attached hydrogens (tertiary/aromatic N) is 2. The summed E-state index contributed by atoms with van der Waals surface area (Å²) in [7, 11) is 0. The highest BCUT2D eigenvalue weighted by Crippen LogP contribution is 2.15. The van der Waals surface area contributed by atoms with Crippen LogP contribution in [-0.2, 0) is 4.79 Å². The van der Waals surface area contributed by atoms with Crippen LogP contribution in [0.2, 0.25) is 5.02 Å². The summed E-state index contributed by atoms with van der Waals surface area (Å²) in [5.41, 5.74) is 2.69. The fourth-order valence-electron chi connectivity index (χ4n) is 0.618. The van der Waals surface area contributed by atoms with E-state index in [1.165, 1.54) is 0 Å². The minimum absolute atomic E-state index is 0.444. The van der Waals surface area contributed by atoms with Crippen molar-refractivity contribution in [3.8, 4) is 0 Å². The summed E-state index contributed by atoms with van der Waals surface area (Å²) in [6.07, 6.45) is 0.444. The standard InChI is InChI=1S/C7H6ClN3O/c8-6-1-3-7(4-2-6)10-11-9-5-12/h1-5H,(H,9,10,12). The average molecular weight is 184 g/mol. The zero-order valence-electron chi connectivity index (χ0n) is 6.07. The summed E-state index contributed by atoms with van der Waals surface area (Å²) in [5, 5.41) is 7.65. The Balaban J connectivity index is 2.64. The van der Waals surface area contributed by atoms with Crippen LogP contribution in [0.1, 0.15) is 0 Å². The molecule has 1 N–H and O–H groups in total. The molecule has 1 amide bonds. The normalized spacial score (nSPS) is 10.1. The number of hydrogen-bond acceptors (Lipinski definition) is 3. The first-order chi connectivity index (χ1) is 5.83. The third kappa shape index (κ3) is 2.67. The lowest BCUT2D eigenvalue weighted by molar-refractivity contribution is -0.109. The maximum Gasteiger partial charge on any atom is 0.228 e. The SMILES string of the molecule is O=CNN=Nc1ccc(Cl)cc1. The molecule has 1 rings (SSSR count). The van der Waals surface area contributed by atoms with E-state index in [0.717, 1.165) is 0 Å². The van der Waals surface area contributed by atoms with Gasteiger partial charge in [-0.15, -0.1) is 5.11 Å². The lowest BCUT2D eigenvalue weighted by Gasteiger charge is -1.90. The first-order valence-electron chi connectivity index (χ1n) is 3.18. The van der Waals surface area contributed by atoms with Crippen LogP contribution in [0.15, 0.2) is 34.6 Å². The molecule has 0 radical (unpaired) electrons. The van der Waals surface area contributed by atoms with Crippen molar-refractivity contribution in [2.75, 3.05) is 0 Å². The summed E-state index contributed by atoms with van der Waals surface area (Å²) in [6, 6.07) is 6.77. The van der Waals surface area contributed by atoms with Crippen LogP contribution in [0, 0.1) is 0 Å². The smallest absolute Gasteiger partial charge is 0.228 e. The van der Waals surface area contributed by atoms with Crippen LogP contribution in [0.4, 0.5) is 5.69 Å². The lowest BCUT2D eigenvalue weighted by atomic mass is 10.3. The fourth-order valence-corrected chi connectivity index (χ4v) is 0.744. The molecule has 1 aromatic rings. The van der Waals surface area contributed by atoms with Crippen molar-refractivity contribution in [2.24, 2.45) is 10.3 Å². The molecule has 12 heavy (non-hydrogen) atoms. The Hall–Kier alpha value is -1.42. The topological polar surface area (TPSA) is 53.8 Å². The minimum atomic E-state index is 0.444. The van der Waals surface area contributed by atoms with E-state index in [9.17, 15) is 4.79 Å². The summed E-state index contributed by atoms with van der Waals surface area (Å²) in [6.45, 7) is 0. The molecule has 0 aromatic heterocycles. The molecule has 0 aliphatic carbocycles. The summed E-state index contributed by atoms with van der Waals surface area (Å²) < 4.78 is 0. The van der Waals surface area contributed by atoms with Crippen molar-refractivity contribution in [3.05, 3.63) is 29.3 Å². The zero-order chi connectivity index (χ0) is 8.81. The van der Waals surface area contributed by atoms with Crippen LogP contribution in [0.3, 0.4) is 0 Å². The molecule has 62 valence electrons. The molecular formula is C7H6ClN3O. The average Bonchev–Trinajstić information content (AvgIpc) is 2.09. The zero-order valence-corrected chi connectivity index (χ0v) is 6.82. The number of benzene rings is 1. The first-order valence-corrected chi connectivity index (χ1v) is 3.56. The van der Waals surface area contributed by atoms with Crippen molar-refractivity contribution >= 4 is 23.7 Å². The van der Waals surface area contributed by atoms with Gasteiger partial charge < -0.3 is 0 Å². The number of nitrogens with one attached hydrogen (secondary N) is 1. The highest BCUT2D eigenvalue weighted by molar-refractivity contribution is 6.30. The van der Waals surface area contributed by atoms with Gasteiger partial charge in [0, 0.05) is 5.02 Å². The molecule has 0 aliphatic heterocycles. The van der Waals surface area contributed by atoms with Gasteiger partial charge in [0.2, 0.25) is 6.41 Å². The molecule has 0 bridgehead atoms. The largest absolute Gasteiger partial charge is 0.277 e. The van der Waals surface area contributed by atoms with Crippen LogP contribution in [0.25, 0.3) is 0 Å². The molecule has 1 aromatic carbocycles. The van der Waals surface area contributed by atoms with Crippen molar-refractivity contribution in [1.29, 1.82) is 0 Å². The number of hydrogen-bond donors (Lipinski definition) is 1. The Morgan fingerprint density at radius 3 is 2.58 bits per heavy atom. The molecule has 4 nitrogen and oxygen atoms in total. The van der Waals surface area contributed by atoms with E-state index in [4.69, 9.17) is 11.6 Å². The van der Waals surface area contributed by atoms with Crippen LogP contribution in [0.5, 0.6) is 0 Å². The molecule has 0 fully saturated rings. The molecule has 0 saturated carbocycles. The molecule has 0 atom stereocenters. The summed E-state index contributed by atoms with van der Waals surface area (Å²) >= 11 is 5.63. The van der Waals surface area contributed by atoms with E-state index in [-0.39, 0.29) is 0 Å². The predicted molar refractivity (Wildman–Crippen MR) is 45.2 cm³/mol.